The van der Waals surface area contributed by atoms with Crippen molar-refractivity contribution in [2.45, 2.75) is 51.0 Å². The Bertz CT molecular complexity index is 848. The van der Waals surface area contributed by atoms with Gasteiger partial charge in [-0.2, -0.15) is 0 Å². The minimum Gasteiger partial charge on any atom is -0.508 e. The van der Waals surface area contributed by atoms with E-state index in [1.165, 1.54) is 12.1 Å². The predicted octanol–water partition coefficient (Wildman–Crippen LogP) is 1.52. The second-order valence-electron chi connectivity index (χ2n) is 8.26. The van der Waals surface area contributed by atoms with Crippen LogP contribution < -0.4 is 16.0 Å². The average Bonchev–Trinajstić information content (AvgIpc) is 2.98. The van der Waals surface area contributed by atoms with Gasteiger partial charge in [0.25, 0.3) is 11.8 Å². The summed E-state index contributed by atoms with van der Waals surface area (Å²) in [6, 6.07) is 5.52. The number of hydrogen-bond donors (Lipinski definition) is 4. The van der Waals surface area contributed by atoms with Crippen molar-refractivity contribution in [2.24, 2.45) is 5.92 Å². The number of benzene rings is 1. The summed E-state index contributed by atoms with van der Waals surface area (Å²) in [4.78, 5) is 50.3. The maximum absolute atomic E-state index is 12.8. The van der Waals surface area contributed by atoms with Crippen molar-refractivity contribution < 1.29 is 24.3 Å². The van der Waals surface area contributed by atoms with Crippen LogP contribution in [0.2, 0.25) is 0 Å². The second-order valence-corrected chi connectivity index (χ2v) is 8.26. The number of phenolic OH excluding ortho intramolecular Hbond substituents is 1. The molecular formula is C22H30N4O5. The number of hydrogen-bond acceptors (Lipinski definition) is 5. The topological polar surface area (TPSA) is 128 Å². The molecule has 5 amide bonds. The number of nitrogens with zero attached hydrogens (tertiary/aromatic N) is 1. The molecule has 1 saturated carbocycles. The van der Waals surface area contributed by atoms with Gasteiger partial charge < -0.3 is 21.1 Å². The number of amides is 5. The molecule has 0 atom stereocenters. The van der Waals surface area contributed by atoms with Crippen molar-refractivity contribution in [3.05, 3.63) is 29.8 Å². The molecule has 0 unspecified atom stereocenters. The molecule has 1 spiro atoms. The standard InChI is InChI=1S/C22H30N4O5/c1-2-15-7-9-22(10-8-15)20(30)26(21(31)25-22)14-18(28)23-11-4-12-24-19(29)16-5-3-6-17(27)13-16/h3,5-6,13,15,27H,2,4,7-12,14H2,1H3,(H,23,28)(H,24,29)(H,25,31). The molecule has 9 heteroatoms. The Kier molecular flexibility index (Phi) is 7.14. The van der Waals surface area contributed by atoms with Crippen LogP contribution in [-0.4, -0.2) is 58.9 Å². The Balaban J connectivity index is 1.38. The highest BCUT2D eigenvalue weighted by atomic mass is 16.3. The highest BCUT2D eigenvalue weighted by Crippen LogP contribution is 2.37. The van der Waals surface area contributed by atoms with E-state index >= 15 is 0 Å². The molecule has 3 rings (SSSR count). The highest BCUT2D eigenvalue weighted by molar-refractivity contribution is 6.09. The zero-order valence-electron chi connectivity index (χ0n) is 17.8. The van der Waals surface area contributed by atoms with Gasteiger partial charge >= 0.3 is 6.03 Å². The van der Waals surface area contributed by atoms with Gasteiger partial charge in [-0.15, -0.1) is 0 Å². The van der Waals surface area contributed by atoms with Gasteiger partial charge in [0, 0.05) is 18.7 Å². The van der Waals surface area contributed by atoms with Crippen LogP contribution in [0, 0.1) is 5.92 Å². The van der Waals surface area contributed by atoms with Crippen molar-refractivity contribution in [1.29, 1.82) is 0 Å². The number of phenols is 1. The minimum absolute atomic E-state index is 0.0144. The Hall–Kier alpha value is -3.10. The summed E-state index contributed by atoms with van der Waals surface area (Å²) in [6.07, 6.45) is 4.59. The molecule has 2 fully saturated rings. The Morgan fingerprint density at radius 1 is 1.19 bits per heavy atom. The Morgan fingerprint density at radius 2 is 1.90 bits per heavy atom. The normalized spacial score (nSPS) is 23.0. The number of carbonyl (C=O) groups excluding carboxylic acids is 4. The van der Waals surface area contributed by atoms with E-state index in [4.69, 9.17) is 0 Å². The first-order valence-corrected chi connectivity index (χ1v) is 10.8. The summed E-state index contributed by atoms with van der Waals surface area (Å²) in [7, 11) is 0. The first-order chi connectivity index (χ1) is 14.8. The minimum atomic E-state index is -0.848. The maximum atomic E-state index is 12.8. The second kappa shape index (κ2) is 9.80. The molecule has 9 nitrogen and oxygen atoms in total. The molecule has 1 aliphatic carbocycles. The molecule has 1 heterocycles. The summed E-state index contributed by atoms with van der Waals surface area (Å²) in [5, 5.41) is 17.6. The smallest absolute Gasteiger partial charge is 0.325 e. The lowest BCUT2D eigenvalue weighted by Crippen LogP contribution is -2.50. The largest absolute Gasteiger partial charge is 0.508 e. The van der Waals surface area contributed by atoms with E-state index in [1.807, 2.05) is 0 Å². The van der Waals surface area contributed by atoms with Crippen LogP contribution >= 0.6 is 0 Å². The molecule has 0 aromatic heterocycles. The third-order valence-corrected chi connectivity index (χ3v) is 6.15. The lowest BCUT2D eigenvalue weighted by atomic mass is 9.75. The van der Waals surface area contributed by atoms with Crippen LogP contribution in [0.4, 0.5) is 4.79 Å². The van der Waals surface area contributed by atoms with E-state index < -0.39 is 17.5 Å². The lowest BCUT2D eigenvalue weighted by Gasteiger charge is -2.34. The molecule has 168 valence electrons. The van der Waals surface area contributed by atoms with Crippen LogP contribution in [0.1, 0.15) is 55.8 Å². The van der Waals surface area contributed by atoms with Crippen LogP contribution in [0.5, 0.6) is 5.75 Å². The molecule has 31 heavy (non-hydrogen) atoms. The molecule has 0 radical (unpaired) electrons. The number of aromatic hydroxyl groups is 1. The van der Waals surface area contributed by atoms with Gasteiger partial charge in [0.1, 0.15) is 17.8 Å². The van der Waals surface area contributed by atoms with Crippen molar-refractivity contribution in [1.82, 2.24) is 20.9 Å². The molecule has 4 N–H and O–H groups in total. The summed E-state index contributed by atoms with van der Waals surface area (Å²) in [6.45, 7) is 2.46. The van der Waals surface area contributed by atoms with Crippen LogP contribution in [0.15, 0.2) is 24.3 Å². The third-order valence-electron chi connectivity index (χ3n) is 6.15. The van der Waals surface area contributed by atoms with Gasteiger partial charge in [-0.1, -0.05) is 19.4 Å². The molecular weight excluding hydrogens is 400 g/mol. The Morgan fingerprint density at radius 3 is 2.58 bits per heavy atom. The van der Waals surface area contributed by atoms with Crippen LogP contribution in [0.25, 0.3) is 0 Å². The van der Waals surface area contributed by atoms with Crippen molar-refractivity contribution in [3.63, 3.8) is 0 Å². The predicted molar refractivity (Wildman–Crippen MR) is 113 cm³/mol. The van der Waals surface area contributed by atoms with Gasteiger partial charge in [0.15, 0.2) is 0 Å². The van der Waals surface area contributed by atoms with E-state index in [-0.39, 0.29) is 24.1 Å². The number of carbonyl (C=O) groups is 4. The fourth-order valence-corrected chi connectivity index (χ4v) is 4.20. The molecule has 1 aromatic rings. The number of imide groups is 1. The quantitative estimate of drug-likeness (QED) is 0.367. The highest BCUT2D eigenvalue weighted by Gasteiger charge is 2.52. The maximum Gasteiger partial charge on any atom is 0.325 e. The van der Waals surface area contributed by atoms with Gasteiger partial charge in [-0.25, -0.2) is 4.79 Å². The van der Waals surface area contributed by atoms with E-state index in [9.17, 15) is 24.3 Å². The van der Waals surface area contributed by atoms with E-state index in [0.29, 0.717) is 43.8 Å². The SMILES string of the molecule is CCC1CCC2(CC1)NC(=O)N(CC(=O)NCCCNC(=O)c1cccc(O)c1)C2=O. The summed E-state index contributed by atoms with van der Waals surface area (Å²) < 4.78 is 0. The van der Waals surface area contributed by atoms with Gasteiger partial charge in [0.05, 0.1) is 0 Å². The zero-order chi connectivity index (χ0) is 22.4. The summed E-state index contributed by atoms with van der Waals surface area (Å²) in [5.74, 6) is -0.436. The van der Waals surface area contributed by atoms with Gasteiger partial charge in [0.2, 0.25) is 5.91 Å². The average molecular weight is 431 g/mol. The van der Waals surface area contributed by atoms with Crippen LogP contribution in [-0.2, 0) is 9.59 Å². The molecule has 2 aliphatic rings. The van der Waals surface area contributed by atoms with Gasteiger partial charge in [-0.05, 0) is 56.2 Å². The first kappa shape index (κ1) is 22.6. The summed E-state index contributed by atoms with van der Waals surface area (Å²) in [5.41, 5.74) is -0.497. The molecule has 1 saturated heterocycles. The van der Waals surface area contributed by atoms with E-state index in [1.54, 1.807) is 12.1 Å². The monoisotopic (exact) mass is 430 g/mol. The van der Waals surface area contributed by atoms with Crippen molar-refractivity contribution in [2.75, 3.05) is 19.6 Å². The number of urea groups is 1. The zero-order valence-corrected chi connectivity index (χ0v) is 17.8. The third kappa shape index (κ3) is 5.34. The Labute approximate surface area is 181 Å². The van der Waals surface area contributed by atoms with Crippen LogP contribution in [0.3, 0.4) is 0 Å². The number of rotatable bonds is 8. The fraction of sp³-hybridized carbons (Fsp3) is 0.545. The van der Waals surface area contributed by atoms with E-state index in [2.05, 4.69) is 22.9 Å². The van der Waals surface area contributed by atoms with E-state index in [0.717, 1.165) is 24.2 Å². The van der Waals surface area contributed by atoms with Gasteiger partial charge in [-0.3, -0.25) is 19.3 Å². The molecule has 0 bridgehead atoms. The fourth-order valence-electron chi connectivity index (χ4n) is 4.20. The molecule has 1 aliphatic heterocycles. The number of nitrogens with one attached hydrogen (secondary N) is 3. The summed E-state index contributed by atoms with van der Waals surface area (Å²) >= 11 is 0. The first-order valence-electron chi connectivity index (χ1n) is 10.8. The van der Waals surface area contributed by atoms with Crippen molar-refractivity contribution >= 4 is 23.8 Å². The van der Waals surface area contributed by atoms with Crippen molar-refractivity contribution in [3.8, 4) is 5.75 Å². The lowest BCUT2D eigenvalue weighted by molar-refractivity contribution is -0.136. The molecule has 1 aromatic carbocycles.